The Morgan fingerprint density at radius 3 is 2.21 bits per heavy atom. The average Bonchev–Trinajstić information content (AvgIpc) is 3.26. The zero-order chi connectivity index (χ0) is 24.7. The highest BCUT2D eigenvalue weighted by atomic mass is 19.3. The Bertz CT molecular complexity index is 1090. The van der Waals surface area contributed by atoms with E-state index in [0.29, 0.717) is 4.90 Å². The van der Waals surface area contributed by atoms with Crippen molar-refractivity contribution >= 4 is 18.0 Å². The number of hydrogen-bond acceptors (Lipinski definition) is 4. The van der Waals surface area contributed by atoms with Gasteiger partial charge in [-0.15, -0.1) is 0 Å². The van der Waals surface area contributed by atoms with Crippen LogP contribution in [0.15, 0.2) is 48.5 Å². The third kappa shape index (κ3) is 4.73. The molecule has 1 atom stereocenters. The van der Waals surface area contributed by atoms with Crippen molar-refractivity contribution in [1.29, 1.82) is 0 Å². The van der Waals surface area contributed by atoms with Gasteiger partial charge in [-0.25, -0.2) is 18.4 Å². The first-order valence-corrected chi connectivity index (χ1v) is 11.0. The Kier molecular flexibility index (Phi) is 6.05. The molecule has 4 rings (SSSR count). The van der Waals surface area contributed by atoms with Gasteiger partial charge in [-0.3, -0.25) is 4.79 Å². The van der Waals surface area contributed by atoms with Crippen LogP contribution in [0.25, 0.3) is 11.1 Å². The Labute approximate surface area is 195 Å². The number of alkyl carbamates (subject to hydrolysis) is 1. The summed E-state index contributed by atoms with van der Waals surface area (Å²) in [6.45, 7) is 2.24. The summed E-state index contributed by atoms with van der Waals surface area (Å²) in [6.07, 6.45) is -2.02. The van der Waals surface area contributed by atoms with E-state index in [1.165, 1.54) is 0 Å². The fraction of sp³-hybridized carbons (Fsp3) is 0.400. The molecule has 0 radical (unpaired) electrons. The maximum absolute atomic E-state index is 13.7. The van der Waals surface area contributed by atoms with Crippen LogP contribution in [0.2, 0.25) is 0 Å². The van der Waals surface area contributed by atoms with Crippen molar-refractivity contribution in [3.05, 3.63) is 59.7 Å². The third-order valence-electron chi connectivity index (χ3n) is 6.25. The summed E-state index contributed by atoms with van der Waals surface area (Å²) >= 11 is 0. The van der Waals surface area contributed by atoms with Crippen LogP contribution in [-0.2, 0) is 14.3 Å². The normalized spacial score (nSPS) is 18.8. The van der Waals surface area contributed by atoms with Gasteiger partial charge in [-0.2, -0.15) is 0 Å². The van der Waals surface area contributed by atoms with Crippen LogP contribution < -0.4 is 5.32 Å². The van der Waals surface area contributed by atoms with Crippen LogP contribution in [0.4, 0.5) is 13.6 Å². The van der Waals surface area contributed by atoms with Crippen LogP contribution in [0.5, 0.6) is 0 Å². The lowest BCUT2D eigenvalue weighted by Gasteiger charge is -2.29. The molecule has 9 heteroatoms. The number of fused-ring (bicyclic) bond motifs is 3. The number of carbonyl (C=O) groups excluding carboxylic acids is 2. The van der Waals surface area contributed by atoms with E-state index in [0.717, 1.165) is 22.3 Å². The fourth-order valence-electron chi connectivity index (χ4n) is 4.73. The molecule has 2 amide bonds. The quantitative estimate of drug-likeness (QED) is 0.662. The predicted molar refractivity (Wildman–Crippen MR) is 120 cm³/mol. The number of carboxylic acid groups (broad SMARTS) is 1. The van der Waals surface area contributed by atoms with Gasteiger partial charge in [0.15, 0.2) is 0 Å². The number of nitrogens with one attached hydrogen (secondary N) is 1. The van der Waals surface area contributed by atoms with E-state index in [4.69, 9.17) is 4.74 Å². The number of benzene rings is 2. The topological polar surface area (TPSA) is 95.9 Å². The second-order valence-corrected chi connectivity index (χ2v) is 9.45. The lowest BCUT2D eigenvalue weighted by Crippen LogP contribution is -2.49. The first-order chi connectivity index (χ1) is 16.0. The molecular formula is C25H26F2N2O5. The van der Waals surface area contributed by atoms with Gasteiger partial charge < -0.3 is 20.1 Å². The molecule has 2 aromatic carbocycles. The summed E-state index contributed by atoms with van der Waals surface area (Å²) < 4.78 is 32.9. The van der Waals surface area contributed by atoms with Crippen molar-refractivity contribution in [2.45, 2.75) is 50.1 Å². The third-order valence-corrected chi connectivity index (χ3v) is 6.25. The van der Waals surface area contributed by atoms with Gasteiger partial charge in [0.25, 0.3) is 5.92 Å². The summed E-state index contributed by atoms with van der Waals surface area (Å²) in [5.74, 6) is -5.64. The van der Waals surface area contributed by atoms with Gasteiger partial charge in [0.1, 0.15) is 12.6 Å². The van der Waals surface area contributed by atoms with E-state index < -0.39 is 48.4 Å². The Morgan fingerprint density at radius 1 is 1.09 bits per heavy atom. The molecule has 0 aromatic heterocycles. The lowest BCUT2D eigenvalue weighted by molar-refractivity contribution is -0.148. The number of halogens is 2. The van der Waals surface area contributed by atoms with Crippen LogP contribution in [0.1, 0.15) is 43.7 Å². The van der Waals surface area contributed by atoms with E-state index in [1.807, 2.05) is 48.5 Å². The summed E-state index contributed by atoms with van der Waals surface area (Å²) in [6, 6.07) is 14.2. The zero-order valence-corrected chi connectivity index (χ0v) is 18.9. The molecular weight excluding hydrogens is 446 g/mol. The molecule has 2 aromatic rings. The highest BCUT2D eigenvalue weighted by Crippen LogP contribution is 2.44. The summed E-state index contributed by atoms with van der Waals surface area (Å²) in [7, 11) is 0. The summed E-state index contributed by atoms with van der Waals surface area (Å²) in [5.41, 5.74) is 3.16. The molecule has 1 saturated heterocycles. The Morgan fingerprint density at radius 2 is 1.65 bits per heavy atom. The minimum atomic E-state index is -3.26. The molecule has 1 aliphatic heterocycles. The number of aliphatic carboxylic acids is 1. The van der Waals surface area contributed by atoms with Crippen molar-refractivity contribution in [1.82, 2.24) is 10.2 Å². The van der Waals surface area contributed by atoms with Crippen molar-refractivity contribution in [3.63, 3.8) is 0 Å². The SMILES string of the molecule is CC(C)(CC(=O)N1CC(F)(F)C[C@H]1C(=O)O)NC(=O)OCC1c2ccccc2-c2ccccc21. The van der Waals surface area contributed by atoms with E-state index in [-0.39, 0.29) is 18.9 Å². The van der Waals surface area contributed by atoms with Crippen LogP contribution in [0.3, 0.4) is 0 Å². The number of likely N-dealkylation sites (tertiary alicyclic amines) is 1. The standard InChI is InChI=1S/C25H26F2N2O5/c1-24(2,12-21(30)29-14-25(26,27)11-20(29)22(31)32)28-23(33)34-13-19-17-9-5-3-7-15(17)16-8-4-6-10-18(16)19/h3-10,19-20H,11-14H2,1-2H3,(H,28,33)(H,31,32)/t20-/m0/s1. The predicted octanol–water partition coefficient (Wildman–Crippen LogP) is 4.01. The van der Waals surface area contributed by atoms with Crippen LogP contribution in [-0.4, -0.2) is 58.6 Å². The second-order valence-electron chi connectivity index (χ2n) is 9.45. The molecule has 2 aliphatic rings. The molecule has 1 heterocycles. The number of nitrogens with zero attached hydrogens (tertiary/aromatic N) is 1. The fourth-order valence-corrected chi connectivity index (χ4v) is 4.73. The van der Waals surface area contributed by atoms with Crippen LogP contribution >= 0.6 is 0 Å². The number of carbonyl (C=O) groups is 3. The van der Waals surface area contributed by atoms with Crippen molar-refractivity contribution in [2.24, 2.45) is 0 Å². The smallest absolute Gasteiger partial charge is 0.407 e. The van der Waals surface area contributed by atoms with Crippen molar-refractivity contribution < 1.29 is 33.0 Å². The molecule has 0 unspecified atom stereocenters. The number of hydrogen-bond donors (Lipinski definition) is 2. The van der Waals surface area contributed by atoms with Crippen molar-refractivity contribution in [2.75, 3.05) is 13.2 Å². The molecule has 0 spiro atoms. The maximum atomic E-state index is 13.7. The van der Waals surface area contributed by atoms with Gasteiger partial charge in [0, 0.05) is 24.3 Å². The van der Waals surface area contributed by atoms with Gasteiger partial charge in [0.05, 0.1) is 6.54 Å². The monoisotopic (exact) mass is 472 g/mol. The van der Waals surface area contributed by atoms with E-state index in [9.17, 15) is 28.3 Å². The minimum Gasteiger partial charge on any atom is -0.480 e. The summed E-state index contributed by atoms with van der Waals surface area (Å²) in [5, 5.41) is 11.8. The van der Waals surface area contributed by atoms with E-state index in [1.54, 1.807) is 13.8 Å². The largest absolute Gasteiger partial charge is 0.480 e. The molecule has 7 nitrogen and oxygen atoms in total. The Hall–Kier alpha value is -3.49. The highest BCUT2D eigenvalue weighted by molar-refractivity contribution is 5.85. The van der Waals surface area contributed by atoms with E-state index in [2.05, 4.69) is 5.32 Å². The molecule has 0 bridgehead atoms. The molecule has 0 saturated carbocycles. The minimum absolute atomic E-state index is 0.0866. The molecule has 34 heavy (non-hydrogen) atoms. The van der Waals surface area contributed by atoms with Gasteiger partial charge in [-0.1, -0.05) is 48.5 Å². The molecule has 1 aliphatic carbocycles. The number of rotatable bonds is 6. The summed E-state index contributed by atoms with van der Waals surface area (Å²) in [4.78, 5) is 37.2. The number of alkyl halides is 2. The molecule has 180 valence electrons. The van der Waals surface area contributed by atoms with Gasteiger partial charge in [-0.05, 0) is 36.1 Å². The zero-order valence-electron chi connectivity index (χ0n) is 18.9. The average molecular weight is 472 g/mol. The first kappa shape index (κ1) is 23.7. The molecule has 1 fully saturated rings. The van der Waals surface area contributed by atoms with E-state index >= 15 is 0 Å². The lowest BCUT2D eigenvalue weighted by atomic mass is 9.98. The van der Waals surface area contributed by atoms with Crippen LogP contribution in [0, 0.1) is 0 Å². The first-order valence-electron chi connectivity index (χ1n) is 11.0. The maximum Gasteiger partial charge on any atom is 0.407 e. The Balaban J connectivity index is 1.38. The van der Waals surface area contributed by atoms with Crippen molar-refractivity contribution in [3.8, 4) is 11.1 Å². The second kappa shape index (κ2) is 8.70. The number of carboxylic acids is 1. The number of amides is 2. The highest BCUT2D eigenvalue weighted by Gasteiger charge is 2.50. The van der Waals surface area contributed by atoms with Gasteiger partial charge >= 0.3 is 12.1 Å². The van der Waals surface area contributed by atoms with Gasteiger partial charge in [0.2, 0.25) is 5.91 Å². The molecule has 2 N–H and O–H groups in total. The number of ether oxygens (including phenoxy) is 1.